The van der Waals surface area contributed by atoms with E-state index in [1.807, 2.05) is 6.92 Å². The van der Waals surface area contributed by atoms with Gasteiger partial charge in [-0.25, -0.2) is 4.79 Å². The zero-order valence-electron chi connectivity index (χ0n) is 14.7. The van der Waals surface area contributed by atoms with Crippen LogP contribution in [-0.2, 0) is 4.74 Å². The maximum Gasteiger partial charge on any atom is 0.319 e. The Morgan fingerprint density at radius 1 is 1.38 bits per heavy atom. The first-order chi connectivity index (χ1) is 11.3. The SMILES string of the molecule is COc1cc(Cl)c(C)cc1NC(=O)NCC(C)(C)N1CCOCC1. The Bertz CT molecular complexity index is 587. The summed E-state index contributed by atoms with van der Waals surface area (Å²) >= 11 is 6.08. The molecule has 0 saturated carbocycles. The second-order valence-corrected chi connectivity index (χ2v) is 6.93. The summed E-state index contributed by atoms with van der Waals surface area (Å²) in [6.45, 7) is 9.87. The van der Waals surface area contributed by atoms with E-state index in [0.717, 1.165) is 31.9 Å². The van der Waals surface area contributed by atoms with Crippen LogP contribution < -0.4 is 15.4 Å². The van der Waals surface area contributed by atoms with Crippen molar-refractivity contribution >= 4 is 23.3 Å². The fraction of sp³-hybridized carbons (Fsp3) is 0.588. The summed E-state index contributed by atoms with van der Waals surface area (Å²) in [4.78, 5) is 14.6. The van der Waals surface area contributed by atoms with Gasteiger partial charge in [-0.15, -0.1) is 0 Å². The average Bonchev–Trinajstić information content (AvgIpc) is 2.57. The van der Waals surface area contributed by atoms with E-state index in [0.29, 0.717) is 23.0 Å². The number of nitrogens with zero attached hydrogens (tertiary/aromatic N) is 1. The highest BCUT2D eigenvalue weighted by atomic mass is 35.5. The van der Waals surface area contributed by atoms with Crippen molar-refractivity contribution in [1.82, 2.24) is 10.2 Å². The molecule has 24 heavy (non-hydrogen) atoms. The average molecular weight is 356 g/mol. The van der Waals surface area contributed by atoms with Crippen LogP contribution in [0.2, 0.25) is 5.02 Å². The number of ether oxygens (including phenoxy) is 2. The number of carbonyl (C=O) groups excluding carboxylic acids is 1. The van der Waals surface area contributed by atoms with Crippen LogP contribution in [0.15, 0.2) is 12.1 Å². The van der Waals surface area contributed by atoms with Crippen molar-refractivity contribution in [2.45, 2.75) is 26.3 Å². The van der Waals surface area contributed by atoms with Gasteiger partial charge in [0.15, 0.2) is 0 Å². The summed E-state index contributed by atoms with van der Waals surface area (Å²) in [6, 6.07) is 3.23. The highest BCUT2D eigenvalue weighted by molar-refractivity contribution is 6.31. The number of anilines is 1. The van der Waals surface area contributed by atoms with E-state index in [1.165, 1.54) is 0 Å². The minimum Gasteiger partial charge on any atom is -0.495 e. The molecule has 0 aliphatic carbocycles. The van der Waals surface area contributed by atoms with E-state index in [2.05, 4.69) is 29.4 Å². The number of halogens is 1. The summed E-state index contributed by atoms with van der Waals surface area (Å²) in [5, 5.41) is 6.36. The molecule has 134 valence electrons. The summed E-state index contributed by atoms with van der Waals surface area (Å²) in [5.74, 6) is 0.535. The van der Waals surface area contributed by atoms with Gasteiger partial charge in [0.05, 0.1) is 26.0 Å². The second-order valence-electron chi connectivity index (χ2n) is 6.52. The molecule has 7 heteroatoms. The van der Waals surface area contributed by atoms with Crippen LogP contribution in [0.1, 0.15) is 19.4 Å². The third kappa shape index (κ3) is 4.75. The molecular weight excluding hydrogens is 330 g/mol. The molecule has 0 spiro atoms. The quantitative estimate of drug-likeness (QED) is 0.852. The summed E-state index contributed by atoms with van der Waals surface area (Å²) in [7, 11) is 1.55. The first-order valence-electron chi connectivity index (χ1n) is 8.05. The van der Waals surface area contributed by atoms with Crippen LogP contribution in [-0.4, -0.2) is 56.4 Å². The fourth-order valence-electron chi connectivity index (χ4n) is 2.67. The van der Waals surface area contributed by atoms with Gasteiger partial charge in [0.1, 0.15) is 5.75 Å². The Labute approximate surface area is 148 Å². The third-order valence-electron chi connectivity index (χ3n) is 4.28. The summed E-state index contributed by atoms with van der Waals surface area (Å²) in [6.07, 6.45) is 0. The number of urea groups is 1. The lowest BCUT2D eigenvalue weighted by molar-refractivity contribution is -0.00863. The summed E-state index contributed by atoms with van der Waals surface area (Å²) < 4.78 is 10.7. The molecular formula is C17H26ClN3O3. The fourth-order valence-corrected chi connectivity index (χ4v) is 2.83. The largest absolute Gasteiger partial charge is 0.495 e. The first kappa shape index (κ1) is 18.8. The van der Waals surface area contributed by atoms with Crippen LogP contribution in [0.4, 0.5) is 10.5 Å². The molecule has 0 bridgehead atoms. The number of nitrogens with one attached hydrogen (secondary N) is 2. The van der Waals surface area contributed by atoms with E-state index in [1.54, 1.807) is 19.2 Å². The number of amides is 2. The van der Waals surface area contributed by atoms with Gasteiger partial charge in [-0.2, -0.15) is 0 Å². The number of benzene rings is 1. The van der Waals surface area contributed by atoms with Crippen LogP contribution in [0.3, 0.4) is 0 Å². The van der Waals surface area contributed by atoms with Crippen molar-refractivity contribution in [2.24, 2.45) is 0 Å². The molecule has 2 rings (SSSR count). The van der Waals surface area contributed by atoms with Gasteiger partial charge < -0.3 is 20.1 Å². The predicted octanol–water partition coefficient (Wildman–Crippen LogP) is 2.89. The Morgan fingerprint density at radius 2 is 2.04 bits per heavy atom. The Hall–Kier alpha value is -1.50. The van der Waals surface area contributed by atoms with Gasteiger partial charge in [-0.3, -0.25) is 4.90 Å². The van der Waals surface area contributed by atoms with E-state index < -0.39 is 0 Å². The number of rotatable bonds is 5. The monoisotopic (exact) mass is 355 g/mol. The first-order valence-corrected chi connectivity index (χ1v) is 8.43. The molecule has 6 nitrogen and oxygen atoms in total. The minimum absolute atomic E-state index is 0.138. The molecule has 0 radical (unpaired) electrons. The molecule has 1 heterocycles. The zero-order chi connectivity index (χ0) is 17.7. The van der Waals surface area contributed by atoms with Gasteiger partial charge in [0.25, 0.3) is 0 Å². The molecule has 0 atom stereocenters. The van der Waals surface area contributed by atoms with Crippen molar-refractivity contribution in [3.8, 4) is 5.75 Å². The number of hydrogen-bond donors (Lipinski definition) is 2. The van der Waals surface area contributed by atoms with Gasteiger partial charge in [0, 0.05) is 36.3 Å². The highest BCUT2D eigenvalue weighted by Crippen LogP contribution is 2.30. The van der Waals surface area contributed by atoms with Crippen LogP contribution in [0, 0.1) is 6.92 Å². The lowest BCUT2D eigenvalue weighted by atomic mass is 10.0. The number of hydrogen-bond acceptors (Lipinski definition) is 4. The third-order valence-corrected chi connectivity index (χ3v) is 4.68. The molecule has 1 aromatic carbocycles. The number of morpholine rings is 1. The van der Waals surface area contributed by atoms with Gasteiger partial charge in [-0.1, -0.05) is 11.6 Å². The van der Waals surface area contributed by atoms with Gasteiger partial charge in [-0.05, 0) is 32.4 Å². The number of aryl methyl sites for hydroxylation is 1. The lowest BCUT2D eigenvalue weighted by Crippen LogP contribution is -2.55. The molecule has 1 aromatic rings. The Kier molecular flexibility index (Phi) is 6.32. The smallest absolute Gasteiger partial charge is 0.319 e. The zero-order valence-corrected chi connectivity index (χ0v) is 15.5. The molecule has 2 amide bonds. The Morgan fingerprint density at radius 3 is 2.67 bits per heavy atom. The molecule has 0 aromatic heterocycles. The van der Waals surface area contributed by atoms with E-state index in [4.69, 9.17) is 21.1 Å². The highest BCUT2D eigenvalue weighted by Gasteiger charge is 2.28. The van der Waals surface area contributed by atoms with Crippen molar-refractivity contribution in [1.29, 1.82) is 0 Å². The van der Waals surface area contributed by atoms with Crippen LogP contribution >= 0.6 is 11.6 Å². The summed E-state index contributed by atoms with van der Waals surface area (Å²) in [5.41, 5.74) is 1.34. The normalized spacial score (nSPS) is 15.9. The van der Waals surface area contributed by atoms with Crippen molar-refractivity contribution in [3.63, 3.8) is 0 Å². The molecule has 1 fully saturated rings. The topological polar surface area (TPSA) is 62.8 Å². The maximum atomic E-state index is 12.3. The van der Waals surface area contributed by atoms with Crippen molar-refractivity contribution in [2.75, 3.05) is 45.3 Å². The van der Waals surface area contributed by atoms with Crippen LogP contribution in [0.5, 0.6) is 5.75 Å². The molecule has 1 saturated heterocycles. The maximum absolute atomic E-state index is 12.3. The van der Waals surface area contributed by atoms with E-state index in [-0.39, 0.29) is 11.6 Å². The standard InChI is InChI=1S/C17H26ClN3O3/c1-12-9-14(15(23-4)10-13(12)18)20-16(22)19-11-17(2,3)21-5-7-24-8-6-21/h9-10H,5-8,11H2,1-4H3,(H2,19,20,22). The van der Waals surface area contributed by atoms with Crippen molar-refractivity contribution < 1.29 is 14.3 Å². The molecule has 0 unspecified atom stereocenters. The predicted molar refractivity (Wildman–Crippen MR) is 96.2 cm³/mol. The lowest BCUT2D eigenvalue weighted by Gasteiger charge is -2.40. The Balaban J connectivity index is 1.94. The van der Waals surface area contributed by atoms with Gasteiger partial charge >= 0.3 is 6.03 Å². The van der Waals surface area contributed by atoms with E-state index >= 15 is 0 Å². The van der Waals surface area contributed by atoms with Crippen molar-refractivity contribution in [3.05, 3.63) is 22.7 Å². The van der Waals surface area contributed by atoms with Gasteiger partial charge in [0.2, 0.25) is 0 Å². The van der Waals surface area contributed by atoms with E-state index in [9.17, 15) is 4.79 Å². The molecule has 1 aliphatic heterocycles. The molecule has 2 N–H and O–H groups in total. The molecule has 1 aliphatic rings. The minimum atomic E-state index is -0.267. The number of carbonyl (C=O) groups is 1. The van der Waals surface area contributed by atoms with Crippen LogP contribution in [0.25, 0.3) is 0 Å². The second kappa shape index (κ2) is 8.05. The number of methoxy groups -OCH3 is 1.